The Bertz CT molecular complexity index is 1140. The maximum atomic E-state index is 14.6. The van der Waals surface area contributed by atoms with E-state index in [1.54, 1.807) is 26.1 Å². The Morgan fingerprint density at radius 2 is 2.03 bits per heavy atom. The van der Waals surface area contributed by atoms with Gasteiger partial charge in [-0.3, -0.25) is 14.6 Å². The van der Waals surface area contributed by atoms with Gasteiger partial charge in [-0.25, -0.2) is 9.37 Å². The summed E-state index contributed by atoms with van der Waals surface area (Å²) in [5.41, 5.74) is 7.49. The molecule has 192 valence electrons. The first kappa shape index (κ1) is 26.7. The van der Waals surface area contributed by atoms with Crippen LogP contribution in [0.1, 0.15) is 48.2 Å². The standard InChI is InChI=1S/C26H33FN6O3/c1-16-10-19(13-24(30-16)36-3)31-22-12-18(8-9-21(22)27)25(34)33-23(11-17-6-4-5-7-17)26(35)32-20(14-28)15-29-2/h8-10,12-15,17,23H,4-7,11,28H2,1-3H3,(H,30,31)(H,32,35)(H,33,34)/b20-14+,29-15?. The highest BCUT2D eigenvalue weighted by molar-refractivity contribution is 5.99. The number of halogens is 1. The molecule has 1 aliphatic carbocycles. The zero-order chi connectivity index (χ0) is 26.1. The van der Waals surface area contributed by atoms with Gasteiger partial charge in [0.05, 0.1) is 18.5 Å². The average molecular weight is 497 g/mol. The van der Waals surface area contributed by atoms with Crippen LogP contribution in [0.2, 0.25) is 0 Å². The summed E-state index contributed by atoms with van der Waals surface area (Å²) in [4.78, 5) is 34.3. The first-order chi connectivity index (χ1) is 17.3. The van der Waals surface area contributed by atoms with Gasteiger partial charge in [0.1, 0.15) is 11.9 Å². The molecule has 2 aromatic rings. The van der Waals surface area contributed by atoms with E-state index in [-0.39, 0.29) is 17.2 Å². The quantitative estimate of drug-likeness (QED) is 0.372. The topological polar surface area (TPSA) is 131 Å². The highest BCUT2D eigenvalue weighted by Gasteiger charge is 2.27. The van der Waals surface area contributed by atoms with Gasteiger partial charge < -0.3 is 26.4 Å². The van der Waals surface area contributed by atoms with Crippen LogP contribution in [0.5, 0.6) is 5.88 Å². The van der Waals surface area contributed by atoms with Gasteiger partial charge in [-0.05, 0) is 43.5 Å². The third kappa shape index (κ3) is 7.27. The van der Waals surface area contributed by atoms with Gasteiger partial charge >= 0.3 is 0 Å². The number of carbonyl (C=O) groups is 2. The van der Waals surface area contributed by atoms with Crippen molar-refractivity contribution in [2.24, 2.45) is 16.6 Å². The number of pyridine rings is 1. The van der Waals surface area contributed by atoms with Crippen molar-refractivity contribution in [1.82, 2.24) is 15.6 Å². The molecule has 9 nitrogen and oxygen atoms in total. The number of nitrogens with zero attached hydrogens (tertiary/aromatic N) is 2. The molecule has 2 amide bonds. The van der Waals surface area contributed by atoms with Crippen LogP contribution < -0.4 is 26.4 Å². The lowest BCUT2D eigenvalue weighted by molar-refractivity contribution is -0.122. The molecule has 1 atom stereocenters. The lowest BCUT2D eigenvalue weighted by atomic mass is 9.97. The third-order valence-electron chi connectivity index (χ3n) is 6.03. The van der Waals surface area contributed by atoms with Crippen LogP contribution in [-0.4, -0.2) is 43.2 Å². The lowest BCUT2D eigenvalue weighted by Crippen LogP contribution is -2.47. The average Bonchev–Trinajstić information content (AvgIpc) is 3.37. The zero-order valence-electron chi connectivity index (χ0n) is 20.8. The van der Waals surface area contributed by atoms with Gasteiger partial charge in [-0.15, -0.1) is 0 Å². The molecule has 36 heavy (non-hydrogen) atoms. The molecule has 1 fully saturated rings. The fraction of sp³-hybridized carbons (Fsp3) is 0.385. The van der Waals surface area contributed by atoms with Gasteiger partial charge in [0, 0.05) is 42.5 Å². The Hall–Kier alpha value is -3.95. The summed E-state index contributed by atoms with van der Waals surface area (Å²) < 4.78 is 19.8. The molecular weight excluding hydrogens is 463 g/mol. The molecule has 0 radical (unpaired) electrons. The van der Waals surface area contributed by atoms with Gasteiger partial charge in [-0.2, -0.15) is 0 Å². The predicted molar refractivity (Wildman–Crippen MR) is 138 cm³/mol. The summed E-state index contributed by atoms with van der Waals surface area (Å²) in [7, 11) is 3.06. The van der Waals surface area contributed by atoms with E-state index in [9.17, 15) is 14.0 Å². The maximum absolute atomic E-state index is 14.6. The number of amides is 2. The summed E-state index contributed by atoms with van der Waals surface area (Å²) in [5, 5.41) is 8.51. The summed E-state index contributed by atoms with van der Waals surface area (Å²) in [6, 6.07) is 6.58. The molecule has 0 saturated heterocycles. The SMILES string of the molecule is CN=C/C(=C\N)NC(=O)C(CC1CCCC1)NC(=O)c1ccc(F)c(Nc2cc(C)nc(OC)c2)c1. The molecule has 1 aromatic carbocycles. The van der Waals surface area contributed by atoms with Crippen molar-refractivity contribution < 1.29 is 18.7 Å². The number of hydrogen-bond donors (Lipinski definition) is 4. The van der Waals surface area contributed by atoms with Crippen molar-refractivity contribution in [2.75, 3.05) is 19.5 Å². The van der Waals surface area contributed by atoms with E-state index in [1.807, 2.05) is 0 Å². The third-order valence-corrected chi connectivity index (χ3v) is 6.03. The maximum Gasteiger partial charge on any atom is 0.252 e. The molecule has 0 aliphatic heterocycles. The second-order valence-electron chi connectivity index (χ2n) is 8.77. The minimum Gasteiger partial charge on any atom is -0.481 e. The Morgan fingerprint density at radius 1 is 1.28 bits per heavy atom. The number of allylic oxidation sites excluding steroid dienone is 1. The number of hydrogen-bond acceptors (Lipinski definition) is 7. The van der Waals surface area contributed by atoms with Crippen LogP contribution in [0.15, 0.2) is 47.2 Å². The minimum atomic E-state index is -0.783. The predicted octanol–water partition coefficient (Wildman–Crippen LogP) is 3.58. The van der Waals surface area contributed by atoms with E-state index in [0.29, 0.717) is 35.3 Å². The molecule has 0 bridgehead atoms. The lowest BCUT2D eigenvalue weighted by Gasteiger charge is -2.22. The number of methoxy groups -OCH3 is 1. The summed E-state index contributed by atoms with van der Waals surface area (Å²) in [6.07, 6.45) is 7.41. The number of nitrogens with two attached hydrogens (primary N) is 1. The monoisotopic (exact) mass is 496 g/mol. The van der Waals surface area contributed by atoms with Crippen LogP contribution in [0, 0.1) is 18.7 Å². The van der Waals surface area contributed by atoms with Crippen molar-refractivity contribution in [3.05, 3.63) is 59.3 Å². The van der Waals surface area contributed by atoms with Crippen molar-refractivity contribution in [1.29, 1.82) is 0 Å². The Labute approximate surface area is 210 Å². The molecule has 0 spiro atoms. The number of aromatic nitrogens is 1. The number of aliphatic imine (C=N–C) groups is 1. The number of anilines is 2. The normalized spacial score (nSPS) is 15.1. The van der Waals surface area contributed by atoms with E-state index < -0.39 is 17.8 Å². The van der Waals surface area contributed by atoms with Gasteiger partial charge in [-0.1, -0.05) is 25.7 Å². The van der Waals surface area contributed by atoms with Gasteiger partial charge in [0.15, 0.2) is 0 Å². The Morgan fingerprint density at radius 3 is 2.69 bits per heavy atom. The highest BCUT2D eigenvalue weighted by Crippen LogP contribution is 2.29. The highest BCUT2D eigenvalue weighted by atomic mass is 19.1. The van der Waals surface area contributed by atoms with Crippen molar-refractivity contribution in [2.45, 2.75) is 45.1 Å². The minimum absolute atomic E-state index is 0.111. The van der Waals surface area contributed by atoms with E-state index >= 15 is 0 Å². The molecule has 3 rings (SSSR count). The van der Waals surface area contributed by atoms with Crippen LogP contribution in [0.4, 0.5) is 15.8 Å². The summed E-state index contributed by atoms with van der Waals surface area (Å²) in [6.45, 7) is 1.79. The Balaban J connectivity index is 1.79. The molecule has 1 aliphatic rings. The number of nitrogens with one attached hydrogen (secondary N) is 3. The number of carbonyl (C=O) groups excluding carboxylic acids is 2. The number of aryl methyl sites for hydroxylation is 1. The smallest absolute Gasteiger partial charge is 0.252 e. The molecule has 1 aromatic heterocycles. The largest absolute Gasteiger partial charge is 0.481 e. The first-order valence-corrected chi connectivity index (χ1v) is 11.9. The summed E-state index contributed by atoms with van der Waals surface area (Å²) in [5.74, 6) is -0.682. The number of benzene rings is 1. The van der Waals surface area contributed by atoms with Crippen LogP contribution >= 0.6 is 0 Å². The second-order valence-corrected chi connectivity index (χ2v) is 8.77. The number of ether oxygens (including phenoxy) is 1. The van der Waals surface area contributed by atoms with Gasteiger partial charge in [0.2, 0.25) is 11.8 Å². The molecule has 5 N–H and O–H groups in total. The van der Waals surface area contributed by atoms with Crippen molar-refractivity contribution in [3.8, 4) is 5.88 Å². The van der Waals surface area contributed by atoms with Crippen LogP contribution in [0.25, 0.3) is 0 Å². The molecule has 10 heteroatoms. The van der Waals surface area contributed by atoms with E-state index in [0.717, 1.165) is 25.7 Å². The van der Waals surface area contributed by atoms with Crippen molar-refractivity contribution in [3.63, 3.8) is 0 Å². The Kier molecular flexibility index (Phi) is 9.38. The summed E-state index contributed by atoms with van der Waals surface area (Å²) >= 11 is 0. The zero-order valence-corrected chi connectivity index (χ0v) is 20.8. The van der Waals surface area contributed by atoms with Crippen LogP contribution in [-0.2, 0) is 4.79 Å². The van der Waals surface area contributed by atoms with Gasteiger partial charge in [0.25, 0.3) is 5.91 Å². The number of rotatable bonds is 10. The second kappa shape index (κ2) is 12.7. The van der Waals surface area contributed by atoms with Crippen molar-refractivity contribution >= 4 is 29.4 Å². The first-order valence-electron chi connectivity index (χ1n) is 11.9. The fourth-order valence-electron chi connectivity index (χ4n) is 4.27. The molecular formula is C26H33FN6O3. The van der Waals surface area contributed by atoms with E-state index in [2.05, 4.69) is 25.9 Å². The van der Waals surface area contributed by atoms with E-state index in [4.69, 9.17) is 10.5 Å². The fourth-order valence-corrected chi connectivity index (χ4v) is 4.27. The molecule has 1 unspecified atom stereocenters. The van der Waals surface area contributed by atoms with E-state index in [1.165, 1.54) is 37.7 Å². The molecule has 1 heterocycles. The van der Waals surface area contributed by atoms with Crippen LogP contribution in [0.3, 0.4) is 0 Å². The molecule has 1 saturated carbocycles.